The molecule has 0 N–H and O–H groups in total. The van der Waals surface area contributed by atoms with Gasteiger partial charge in [-0.25, -0.2) is 4.98 Å². The second-order valence-electron chi connectivity index (χ2n) is 2.11. The number of rotatable bonds is 1. The maximum atomic E-state index is 12.9. The van der Waals surface area contributed by atoms with Gasteiger partial charge in [0.15, 0.2) is 0 Å². The molecule has 0 amide bonds. The van der Waals surface area contributed by atoms with Gasteiger partial charge in [-0.15, -0.1) is 11.6 Å². The monoisotopic (exact) mass is 237 g/mol. The van der Waals surface area contributed by atoms with Crippen molar-refractivity contribution in [2.24, 2.45) is 0 Å². The molecule has 0 aliphatic rings. The van der Waals surface area contributed by atoms with Crippen molar-refractivity contribution < 1.29 is 4.39 Å². The molecule has 60 valence electrons. The lowest BCUT2D eigenvalue weighted by Gasteiger charge is -2.05. The first-order chi connectivity index (χ1) is 5.13. The Bertz CT molecular complexity index is 244. The molecule has 0 aliphatic heterocycles. The maximum Gasteiger partial charge on any atom is 0.218 e. The van der Waals surface area contributed by atoms with Gasteiger partial charge in [0.25, 0.3) is 0 Å². The van der Waals surface area contributed by atoms with E-state index in [0.717, 1.165) is 0 Å². The van der Waals surface area contributed by atoms with Crippen molar-refractivity contribution in [2.45, 2.75) is 12.3 Å². The minimum atomic E-state index is -0.512. The number of halogens is 3. The van der Waals surface area contributed by atoms with Gasteiger partial charge < -0.3 is 0 Å². The summed E-state index contributed by atoms with van der Waals surface area (Å²) in [5.41, 5.74) is 0.411. The van der Waals surface area contributed by atoms with Gasteiger partial charge in [0, 0.05) is 16.2 Å². The molecule has 1 atom stereocenters. The van der Waals surface area contributed by atoms with Crippen LogP contribution in [0.25, 0.3) is 0 Å². The molecule has 0 bridgehead atoms. The van der Waals surface area contributed by atoms with E-state index in [4.69, 9.17) is 11.6 Å². The van der Waals surface area contributed by atoms with Gasteiger partial charge in [-0.05, 0) is 13.0 Å². The van der Waals surface area contributed by atoms with Crippen LogP contribution < -0.4 is 0 Å². The molecule has 1 unspecified atom stereocenters. The molecule has 1 rings (SSSR count). The Morgan fingerprint density at radius 2 is 2.36 bits per heavy atom. The summed E-state index contributed by atoms with van der Waals surface area (Å²) in [5.74, 6) is -0.512. The zero-order valence-electron chi connectivity index (χ0n) is 5.81. The Hall–Kier alpha value is -0.150. The van der Waals surface area contributed by atoms with Gasteiger partial charge in [0.1, 0.15) is 0 Å². The highest BCUT2D eigenvalue weighted by atomic mass is 79.9. The fourth-order valence-electron chi connectivity index (χ4n) is 0.780. The number of hydrogen-bond acceptors (Lipinski definition) is 1. The van der Waals surface area contributed by atoms with E-state index in [9.17, 15) is 4.39 Å². The quantitative estimate of drug-likeness (QED) is 0.540. The van der Waals surface area contributed by atoms with Crippen LogP contribution in [0.1, 0.15) is 17.9 Å². The average molecular weight is 238 g/mol. The van der Waals surface area contributed by atoms with Crippen molar-refractivity contribution in [3.8, 4) is 0 Å². The molecule has 1 aromatic rings. The fourth-order valence-corrected chi connectivity index (χ4v) is 1.74. The van der Waals surface area contributed by atoms with Crippen LogP contribution in [-0.2, 0) is 0 Å². The van der Waals surface area contributed by atoms with Crippen LogP contribution in [0.15, 0.2) is 16.7 Å². The molecule has 0 saturated heterocycles. The van der Waals surface area contributed by atoms with E-state index < -0.39 is 5.95 Å². The van der Waals surface area contributed by atoms with Crippen molar-refractivity contribution in [1.82, 2.24) is 4.98 Å². The lowest BCUT2D eigenvalue weighted by molar-refractivity contribution is 0.565. The van der Waals surface area contributed by atoms with E-state index >= 15 is 0 Å². The summed E-state index contributed by atoms with van der Waals surface area (Å²) in [4.78, 5) is 3.48. The van der Waals surface area contributed by atoms with Crippen LogP contribution in [0.5, 0.6) is 0 Å². The summed E-state index contributed by atoms with van der Waals surface area (Å²) < 4.78 is 13.5. The Kier molecular flexibility index (Phi) is 2.84. The topological polar surface area (TPSA) is 12.9 Å². The van der Waals surface area contributed by atoms with E-state index in [0.29, 0.717) is 10.0 Å². The lowest BCUT2D eigenvalue weighted by atomic mass is 10.2. The standard InChI is InChI=1S/C7H6BrClFN/c1-4(9)6-5(8)2-3-11-7(6)10/h2-4H,1H3. The zero-order chi connectivity index (χ0) is 8.43. The SMILES string of the molecule is CC(Cl)c1c(Br)ccnc1F. The van der Waals surface area contributed by atoms with Gasteiger partial charge in [-0.2, -0.15) is 4.39 Å². The van der Waals surface area contributed by atoms with Crippen molar-refractivity contribution in [2.75, 3.05) is 0 Å². The van der Waals surface area contributed by atoms with Gasteiger partial charge in [-0.1, -0.05) is 15.9 Å². The normalized spacial score (nSPS) is 13.1. The number of hydrogen-bond donors (Lipinski definition) is 0. The molecular weight excluding hydrogens is 232 g/mol. The molecule has 0 spiro atoms. The second-order valence-corrected chi connectivity index (χ2v) is 3.62. The van der Waals surface area contributed by atoms with Crippen LogP contribution in [0.4, 0.5) is 4.39 Å². The molecule has 0 aromatic carbocycles. The lowest BCUT2D eigenvalue weighted by Crippen LogP contribution is -1.94. The highest BCUT2D eigenvalue weighted by molar-refractivity contribution is 9.10. The molecule has 0 saturated carbocycles. The van der Waals surface area contributed by atoms with Gasteiger partial charge in [0.05, 0.1) is 5.38 Å². The Morgan fingerprint density at radius 1 is 1.73 bits per heavy atom. The third-order valence-electron chi connectivity index (χ3n) is 1.29. The molecule has 0 aliphatic carbocycles. The second kappa shape index (κ2) is 3.50. The van der Waals surface area contributed by atoms with E-state index in [2.05, 4.69) is 20.9 Å². The van der Waals surface area contributed by atoms with Gasteiger partial charge >= 0.3 is 0 Å². The van der Waals surface area contributed by atoms with Crippen LogP contribution in [0, 0.1) is 5.95 Å². The largest absolute Gasteiger partial charge is 0.228 e. The summed E-state index contributed by atoms with van der Waals surface area (Å²) in [5, 5.41) is -0.363. The molecule has 0 fully saturated rings. The number of alkyl halides is 1. The zero-order valence-corrected chi connectivity index (χ0v) is 8.16. The first kappa shape index (κ1) is 8.94. The summed E-state index contributed by atoms with van der Waals surface area (Å²) in [6.07, 6.45) is 1.39. The minimum Gasteiger partial charge on any atom is -0.228 e. The molecule has 4 heteroatoms. The Balaban J connectivity index is 3.21. The van der Waals surface area contributed by atoms with Crippen LogP contribution in [-0.4, -0.2) is 4.98 Å². The first-order valence-electron chi connectivity index (χ1n) is 3.07. The maximum absolute atomic E-state index is 12.9. The highest BCUT2D eigenvalue weighted by Crippen LogP contribution is 2.28. The Morgan fingerprint density at radius 3 is 2.73 bits per heavy atom. The van der Waals surface area contributed by atoms with E-state index in [1.807, 2.05) is 0 Å². The predicted molar refractivity (Wildman–Crippen MR) is 46.2 cm³/mol. The first-order valence-corrected chi connectivity index (χ1v) is 4.30. The molecule has 11 heavy (non-hydrogen) atoms. The highest BCUT2D eigenvalue weighted by Gasteiger charge is 2.12. The van der Waals surface area contributed by atoms with Crippen LogP contribution >= 0.6 is 27.5 Å². The predicted octanol–water partition coefficient (Wildman–Crippen LogP) is 3.28. The fraction of sp³-hybridized carbons (Fsp3) is 0.286. The van der Waals surface area contributed by atoms with Crippen molar-refractivity contribution in [1.29, 1.82) is 0 Å². The molecule has 1 heterocycles. The van der Waals surface area contributed by atoms with Crippen molar-refractivity contribution in [3.63, 3.8) is 0 Å². The molecular formula is C7H6BrClFN. The summed E-state index contributed by atoms with van der Waals surface area (Å²) in [6, 6.07) is 1.66. The number of aromatic nitrogens is 1. The van der Waals surface area contributed by atoms with E-state index in [1.54, 1.807) is 13.0 Å². The molecule has 1 nitrogen and oxygen atoms in total. The molecule has 0 radical (unpaired) electrons. The van der Waals surface area contributed by atoms with E-state index in [1.165, 1.54) is 6.20 Å². The number of pyridine rings is 1. The van der Waals surface area contributed by atoms with E-state index in [-0.39, 0.29) is 5.38 Å². The third kappa shape index (κ3) is 1.91. The van der Waals surface area contributed by atoms with Gasteiger partial charge in [0.2, 0.25) is 5.95 Å². The number of nitrogens with zero attached hydrogens (tertiary/aromatic N) is 1. The minimum absolute atomic E-state index is 0.363. The third-order valence-corrected chi connectivity index (χ3v) is 2.20. The summed E-state index contributed by atoms with van der Waals surface area (Å²) in [7, 11) is 0. The smallest absolute Gasteiger partial charge is 0.218 e. The average Bonchev–Trinajstić information content (AvgIpc) is 1.85. The van der Waals surface area contributed by atoms with Crippen molar-refractivity contribution in [3.05, 3.63) is 28.2 Å². The van der Waals surface area contributed by atoms with Crippen LogP contribution in [0.3, 0.4) is 0 Å². The van der Waals surface area contributed by atoms with Crippen molar-refractivity contribution >= 4 is 27.5 Å². The molecule has 1 aromatic heterocycles. The van der Waals surface area contributed by atoms with Gasteiger partial charge in [-0.3, -0.25) is 0 Å². The van der Waals surface area contributed by atoms with Crippen LogP contribution in [0.2, 0.25) is 0 Å². The summed E-state index contributed by atoms with van der Waals surface area (Å²) >= 11 is 8.89. The summed E-state index contributed by atoms with van der Waals surface area (Å²) in [6.45, 7) is 1.70. The Labute approximate surface area is 77.7 Å².